The number of nitrogens with zero attached hydrogens (tertiary/aromatic N) is 3. The van der Waals surface area contributed by atoms with E-state index in [4.69, 9.17) is 5.11 Å². The minimum Gasteiger partial charge on any atom is -0.465 e. The summed E-state index contributed by atoms with van der Waals surface area (Å²) in [4.78, 5) is 23.5. The van der Waals surface area contributed by atoms with Gasteiger partial charge in [0.25, 0.3) is 0 Å². The average Bonchev–Trinajstić information content (AvgIpc) is 2.78. The van der Waals surface area contributed by atoms with E-state index in [-0.39, 0.29) is 0 Å². The molecular weight excluding hydrogens is 378 g/mol. The van der Waals surface area contributed by atoms with Gasteiger partial charge >= 0.3 is 6.09 Å². The fourth-order valence-electron chi connectivity index (χ4n) is 3.23. The lowest BCUT2D eigenvalue weighted by Gasteiger charge is -2.11. The standard InChI is InChI=1S/C17H15N5O2.C6H12/c1-11-4-5-13(20-17(23)24)9-15(11)22-16-19-8-6-14(21-16)12-3-2-7-18-10-12;1-2-4-6-5-3-1/h2-10,20H,1H3,(H,23,24)(H,19,21,22);1-6H2. The maximum atomic E-state index is 10.8. The zero-order valence-electron chi connectivity index (χ0n) is 17.1. The quantitative estimate of drug-likeness (QED) is 0.491. The van der Waals surface area contributed by atoms with Gasteiger partial charge in [-0.1, -0.05) is 44.6 Å². The molecular formula is C23H27N5O2. The van der Waals surface area contributed by atoms with Gasteiger partial charge in [-0.2, -0.15) is 0 Å². The monoisotopic (exact) mass is 405 g/mol. The fraction of sp³-hybridized carbons (Fsp3) is 0.304. The van der Waals surface area contributed by atoms with Crippen molar-refractivity contribution in [3.63, 3.8) is 0 Å². The Morgan fingerprint density at radius 3 is 2.37 bits per heavy atom. The molecule has 1 aromatic carbocycles. The normalized spacial score (nSPS) is 13.0. The predicted molar refractivity (Wildman–Crippen MR) is 119 cm³/mol. The molecule has 1 amide bonds. The van der Waals surface area contributed by atoms with E-state index in [0.717, 1.165) is 22.5 Å². The van der Waals surface area contributed by atoms with E-state index in [0.29, 0.717) is 11.6 Å². The number of amides is 1. The number of pyridine rings is 1. The first kappa shape index (κ1) is 21.2. The maximum Gasteiger partial charge on any atom is 0.409 e. The molecule has 0 saturated heterocycles. The Morgan fingerprint density at radius 2 is 1.73 bits per heavy atom. The van der Waals surface area contributed by atoms with Crippen LogP contribution in [0.25, 0.3) is 11.3 Å². The third kappa shape index (κ3) is 6.55. The summed E-state index contributed by atoms with van der Waals surface area (Å²) in [5.74, 6) is 0.423. The van der Waals surface area contributed by atoms with E-state index >= 15 is 0 Å². The molecule has 2 aromatic heterocycles. The van der Waals surface area contributed by atoms with Crippen LogP contribution in [0.3, 0.4) is 0 Å². The second-order valence-electron chi connectivity index (χ2n) is 7.21. The summed E-state index contributed by atoms with van der Waals surface area (Å²) >= 11 is 0. The Hall–Kier alpha value is -3.48. The summed E-state index contributed by atoms with van der Waals surface area (Å²) in [6.07, 6.45) is 13.0. The fourth-order valence-corrected chi connectivity index (χ4v) is 3.23. The summed E-state index contributed by atoms with van der Waals surface area (Å²) in [5, 5.41) is 14.3. The van der Waals surface area contributed by atoms with Gasteiger partial charge in [-0.05, 0) is 42.8 Å². The molecule has 1 saturated carbocycles. The largest absolute Gasteiger partial charge is 0.465 e. The molecule has 0 atom stereocenters. The zero-order valence-corrected chi connectivity index (χ0v) is 17.1. The second-order valence-corrected chi connectivity index (χ2v) is 7.21. The van der Waals surface area contributed by atoms with Crippen molar-refractivity contribution < 1.29 is 9.90 Å². The van der Waals surface area contributed by atoms with Gasteiger partial charge in [0.1, 0.15) is 0 Å². The predicted octanol–water partition coefficient (Wildman–Crippen LogP) is 6.02. The van der Waals surface area contributed by atoms with E-state index in [2.05, 4.69) is 25.6 Å². The number of aryl methyl sites for hydroxylation is 1. The van der Waals surface area contributed by atoms with Gasteiger partial charge in [-0.15, -0.1) is 0 Å². The average molecular weight is 406 g/mol. The van der Waals surface area contributed by atoms with E-state index < -0.39 is 6.09 Å². The molecule has 4 rings (SSSR count). The number of hydrogen-bond acceptors (Lipinski definition) is 5. The highest BCUT2D eigenvalue weighted by molar-refractivity contribution is 5.84. The minimum absolute atomic E-state index is 0.423. The SMILES string of the molecule is C1CCCCC1.Cc1ccc(NC(=O)O)cc1Nc1nccc(-c2cccnc2)n1. The van der Waals surface area contributed by atoms with E-state index in [1.165, 1.54) is 38.5 Å². The number of nitrogens with one attached hydrogen (secondary N) is 2. The number of carbonyl (C=O) groups is 1. The lowest BCUT2D eigenvalue weighted by Crippen LogP contribution is -2.08. The number of carboxylic acid groups (broad SMARTS) is 1. The molecule has 3 aromatic rings. The molecule has 0 aliphatic heterocycles. The van der Waals surface area contributed by atoms with Gasteiger partial charge in [0.15, 0.2) is 0 Å². The number of benzene rings is 1. The van der Waals surface area contributed by atoms with Crippen LogP contribution in [0.15, 0.2) is 55.0 Å². The molecule has 7 nitrogen and oxygen atoms in total. The van der Waals surface area contributed by atoms with Gasteiger partial charge in [-0.25, -0.2) is 14.8 Å². The van der Waals surface area contributed by atoms with Crippen LogP contribution in [0.1, 0.15) is 44.1 Å². The minimum atomic E-state index is -1.11. The first-order valence-corrected chi connectivity index (χ1v) is 10.2. The molecule has 0 radical (unpaired) electrons. The molecule has 0 bridgehead atoms. The number of anilines is 3. The van der Waals surface area contributed by atoms with Crippen LogP contribution in [0.4, 0.5) is 22.1 Å². The van der Waals surface area contributed by atoms with Crippen molar-refractivity contribution in [2.24, 2.45) is 0 Å². The molecule has 0 unspecified atom stereocenters. The van der Waals surface area contributed by atoms with Crippen LogP contribution in [0.2, 0.25) is 0 Å². The third-order valence-corrected chi connectivity index (χ3v) is 4.85. The first-order chi connectivity index (χ1) is 14.6. The molecule has 2 heterocycles. The van der Waals surface area contributed by atoms with Crippen molar-refractivity contribution in [2.75, 3.05) is 10.6 Å². The summed E-state index contributed by atoms with van der Waals surface area (Å²) in [6, 6.07) is 10.8. The zero-order chi connectivity index (χ0) is 21.2. The van der Waals surface area contributed by atoms with E-state index in [1.54, 1.807) is 36.8 Å². The number of hydrogen-bond donors (Lipinski definition) is 3. The van der Waals surface area contributed by atoms with Crippen molar-refractivity contribution >= 4 is 23.4 Å². The molecule has 1 aliphatic rings. The topological polar surface area (TPSA) is 100 Å². The van der Waals surface area contributed by atoms with Crippen molar-refractivity contribution in [2.45, 2.75) is 45.4 Å². The third-order valence-electron chi connectivity index (χ3n) is 4.85. The molecule has 3 N–H and O–H groups in total. The van der Waals surface area contributed by atoms with Gasteiger partial charge < -0.3 is 10.4 Å². The van der Waals surface area contributed by atoms with Gasteiger partial charge in [0, 0.05) is 35.5 Å². The molecule has 7 heteroatoms. The van der Waals surface area contributed by atoms with Gasteiger partial charge in [0.05, 0.1) is 5.69 Å². The Labute approximate surface area is 176 Å². The van der Waals surface area contributed by atoms with Crippen LogP contribution in [0, 0.1) is 6.92 Å². The highest BCUT2D eigenvalue weighted by Crippen LogP contribution is 2.24. The summed E-state index contributed by atoms with van der Waals surface area (Å²) in [7, 11) is 0. The van der Waals surface area contributed by atoms with E-state index in [9.17, 15) is 4.79 Å². The van der Waals surface area contributed by atoms with Crippen molar-refractivity contribution in [3.8, 4) is 11.3 Å². The summed E-state index contributed by atoms with van der Waals surface area (Å²) < 4.78 is 0. The van der Waals surface area contributed by atoms with Crippen LogP contribution >= 0.6 is 0 Å². The number of rotatable bonds is 4. The maximum absolute atomic E-state index is 10.8. The Kier molecular flexibility index (Phi) is 7.71. The number of aromatic nitrogens is 3. The van der Waals surface area contributed by atoms with Crippen LogP contribution in [-0.2, 0) is 0 Å². The van der Waals surface area contributed by atoms with Gasteiger partial charge in [-0.3, -0.25) is 10.3 Å². The lowest BCUT2D eigenvalue weighted by molar-refractivity contribution is 0.210. The highest BCUT2D eigenvalue weighted by Gasteiger charge is 2.07. The van der Waals surface area contributed by atoms with Crippen LogP contribution in [-0.4, -0.2) is 26.2 Å². The van der Waals surface area contributed by atoms with Crippen molar-refractivity contribution in [3.05, 3.63) is 60.6 Å². The van der Waals surface area contributed by atoms with Crippen molar-refractivity contribution in [1.82, 2.24) is 15.0 Å². The first-order valence-electron chi connectivity index (χ1n) is 10.2. The summed E-state index contributed by atoms with van der Waals surface area (Å²) in [5.41, 5.74) is 3.78. The van der Waals surface area contributed by atoms with E-state index in [1.807, 2.05) is 25.1 Å². The lowest BCUT2D eigenvalue weighted by atomic mass is 10.0. The van der Waals surface area contributed by atoms with Gasteiger partial charge in [0.2, 0.25) is 5.95 Å². The second kappa shape index (κ2) is 10.9. The Morgan fingerprint density at radius 1 is 1.00 bits per heavy atom. The molecule has 1 aliphatic carbocycles. The highest BCUT2D eigenvalue weighted by atomic mass is 16.4. The molecule has 0 spiro atoms. The van der Waals surface area contributed by atoms with Crippen LogP contribution < -0.4 is 10.6 Å². The molecule has 30 heavy (non-hydrogen) atoms. The molecule has 156 valence electrons. The summed E-state index contributed by atoms with van der Waals surface area (Å²) in [6.45, 7) is 1.91. The Bertz CT molecular complexity index is 947. The molecule has 1 fully saturated rings. The van der Waals surface area contributed by atoms with Crippen LogP contribution in [0.5, 0.6) is 0 Å². The van der Waals surface area contributed by atoms with Crippen molar-refractivity contribution in [1.29, 1.82) is 0 Å². The smallest absolute Gasteiger partial charge is 0.409 e. The Balaban J connectivity index is 0.000000367.